The summed E-state index contributed by atoms with van der Waals surface area (Å²) in [4.78, 5) is 74.3. The third kappa shape index (κ3) is 7.82. The Morgan fingerprint density at radius 3 is 2.00 bits per heavy atom. The van der Waals surface area contributed by atoms with Crippen LogP contribution in [-0.4, -0.2) is 66.3 Å². The van der Waals surface area contributed by atoms with Gasteiger partial charge in [-0.05, 0) is 135 Å². The van der Waals surface area contributed by atoms with Gasteiger partial charge in [0, 0.05) is 42.9 Å². The van der Waals surface area contributed by atoms with Crippen molar-refractivity contribution >= 4 is 95.2 Å². The van der Waals surface area contributed by atoms with Crippen molar-refractivity contribution in [1.82, 2.24) is 0 Å². The number of methoxy groups -OCH3 is 2. The summed E-state index contributed by atoms with van der Waals surface area (Å²) in [7, 11) is 2.90. The van der Waals surface area contributed by atoms with Crippen LogP contribution in [0, 0.1) is 68.5 Å². The molecule has 1 N–H and O–H groups in total. The summed E-state index contributed by atoms with van der Waals surface area (Å²) in [6.45, 7) is 9.00. The summed E-state index contributed by atoms with van der Waals surface area (Å²) in [5.74, 6) is 0.189. The van der Waals surface area contributed by atoms with Crippen LogP contribution in [0.3, 0.4) is 0 Å². The zero-order valence-corrected chi connectivity index (χ0v) is 45.4. The third-order valence-corrected chi connectivity index (χ3v) is 19.6. The van der Waals surface area contributed by atoms with Crippen molar-refractivity contribution in [1.29, 1.82) is 0 Å². The van der Waals surface area contributed by atoms with Gasteiger partial charge in [0.1, 0.15) is 11.4 Å². The molecule has 10 nitrogen and oxygen atoms in total. The van der Waals surface area contributed by atoms with Crippen molar-refractivity contribution in [3.05, 3.63) is 34.9 Å². The van der Waals surface area contributed by atoms with E-state index in [4.69, 9.17) is 14.2 Å². The molecule has 346 valence electrons. The van der Waals surface area contributed by atoms with Crippen LogP contribution in [0.4, 0.5) is 0 Å². The Hall–Kier alpha value is -0.626. The molecule has 2 spiro atoms. The second-order valence-corrected chi connectivity index (χ2v) is 57.1. The van der Waals surface area contributed by atoms with E-state index in [9.17, 15) is 33.9 Å². The molecule has 1 heterocycles. The molecule has 0 aromatic rings. The first kappa shape index (κ1) is 48.8. The van der Waals surface area contributed by atoms with Crippen LogP contribution < -0.4 is 0 Å². The Balaban J connectivity index is 0.000000160. The van der Waals surface area contributed by atoms with Gasteiger partial charge in [-0.25, -0.2) is 0 Å². The minimum absolute atomic E-state index is 0.0415. The standard InChI is InChI=1S/C25H32O4.C24H32O6.3HI.V/c1-23-8-4-16(26)12-15(23)13-18(22(28)29-3)21-19(23)6-9-24(2)20(21)7-11-25(24)10-5-17(27)14-25;1-22-7-4-14(25)10-13(22)11-15(21(28)29-3)19-16-5-8-24(9-6-18(27)30-24)23(16,2)12-17(26)20(19)22;;;;/h6,12,18,20-21H,4-5,7-11,13-14H2,1-3H3;10,15-17,19-20,26H,4-9,11-12H2,1-3H3;3*1H;/q;;;;;+3/p-3/t18-,20?,21?,23+,24+,25-;15-,16?,17-,19?,20?,22+,23+,24-;;;;/m11..../s1. The SMILES string of the molecule is COC(=O)[C@@H]1CC2=CC(=O)CC[C@]2(C)C2=CC[C@@]3(C)C(CC[C@@]34CCC(=O)C4)C21.COC(=O)[C@@H]1CC2=CC(=O)CC[C@]2(C)C2C1C1CC[C@@]3(CCC(=O)O3)[C@@]1(C)C[C@H]2O.[I][V]([I])[I]. The number of allylic oxidation sites excluding steroid dienone is 5. The molecule has 0 bridgehead atoms. The molecule has 1 aliphatic heterocycles. The van der Waals surface area contributed by atoms with Gasteiger partial charge in [0.05, 0.1) is 32.2 Å². The second kappa shape index (κ2) is 17.7. The molecule has 0 aromatic carbocycles. The number of ether oxygens (including phenoxy) is 3. The molecule has 0 aromatic heterocycles. The van der Waals surface area contributed by atoms with E-state index in [1.54, 1.807) is 6.08 Å². The normalized spacial score (nSPS) is 45.4. The summed E-state index contributed by atoms with van der Waals surface area (Å²) in [6, 6.07) is 0. The number of Topliss-reactive ketones (excluding diaryl/α,β-unsaturated/α-hetero) is 1. The summed E-state index contributed by atoms with van der Waals surface area (Å²) in [5.41, 5.74) is 2.41. The fraction of sp³-hybridized carbons (Fsp3) is 0.755. The molecule has 10 aliphatic rings. The number of hydrogen-bond donors (Lipinski definition) is 1. The molecule has 6 saturated carbocycles. The van der Waals surface area contributed by atoms with Crippen LogP contribution >= 0.6 is 59.9 Å². The van der Waals surface area contributed by atoms with Crippen LogP contribution in [0.2, 0.25) is 0 Å². The van der Waals surface area contributed by atoms with E-state index < -0.39 is 11.7 Å². The molecule has 5 unspecified atom stereocenters. The number of carbonyl (C=O) groups excluding carboxylic acids is 6. The Kier molecular flexibility index (Phi) is 13.7. The molecule has 0 radical (unpaired) electrons. The molecule has 14 heteroatoms. The maximum absolute atomic E-state index is 12.9. The van der Waals surface area contributed by atoms with Gasteiger partial charge in [0.25, 0.3) is 0 Å². The van der Waals surface area contributed by atoms with E-state index in [2.05, 4.69) is 93.7 Å². The topological polar surface area (TPSA) is 150 Å². The van der Waals surface area contributed by atoms with Gasteiger partial charge in [-0.15, -0.1) is 0 Å². The fourth-order valence-electron chi connectivity index (χ4n) is 16.4. The number of halogens is 3. The molecule has 10 rings (SSSR count). The van der Waals surface area contributed by atoms with Gasteiger partial charge in [0.15, 0.2) is 11.6 Å². The maximum atomic E-state index is 12.9. The van der Waals surface area contributed by atoms with Crippen LogP contribution in [0.25, 0.3) is 0 Å². The van der Waals surface area contributed by atoms with Crippen LogP contribution in [0.1, 0.15) is 137 Å². The molecule has 14 atom stereocenters. The van der Waals surface area contributed by atoms with Crippen molar-refractivity contribution in [2.24, 2.45) is 68.5 Å². The molecule has 9 aliphatic carbocycles. The molecule has 63 heavy (non-hydrogen) atoms. The van der Waals surface area contributed by atoms with Crippen molar-refractivity contribution in [3.63, 3.8) is 0 Å². The summed E-state index contributed by atoms with van der Waals surface area (Å²) < 4.78 is 16.4. The van der Waals surface area contributed by atoms with E-state index in [0.29, 0.717) is 63.1 Å². The number of rotatable bonds is 2. The number of hydrogen-bond acceptors (Lipinski definition) is 10. The number of ketones is 3. The molecular formula is C49H64I3O10V. The first-order valence-corrected chi connectivity index (χ1v) is 36.7. The van der Waals surface area contributed by atoms with Crippen LogP contribution in [0.5, 0.6) is 0 Å². The number of esters is 3. The van der Waals surface area contributed by atoms with Crippen molar-refractivity contribution in [2.75, 3.05) is 14.2 Å². The Bertz CT molecular complexity index is 2060. The van der Waals surface area contributed by atoms with Crippen LogP contribution in [0.15, 0.2) is 34.9 Å². The van der Waals surface area contributed by atoms with E-state index >= 15 is 0 Å². The Labute approximate surface area is 410 Å². The average molecular weight is 1240 g/mol. The zero-order valence-electron chi connectivity index (χ0n) is 37.6. The minimum atomic E-state index is -0.611. The van der Waals surface area contributed by atoms with Gasteiger partial charge in [0.2, 0.25) is 0 Å². The number of aliphatic hydroxyl groups is 1. The molecule has 7 fully saturated rings. The van der Waals surface area contributed by atoms with Gasteiger partial charge in [-0.2, -0.15) is 0 Å². The predicted molar refractivity (Wildman–Crippen MR) is 258 cm³/mol. The average Bonchev–Trinajstić information content (AvgIpc) is 3.97. The third-order valence-electron chi connectivity index (χ3n) is 19.6. The quantitative estimate of drug-likeness (QED) is 0.123. The summed E-state index contributed by atoms with van der Waals surface area (Å²) >= 11 is 7.39. The molecule has 0 amide bonds. The first-order valence-electron chi connectivity index (χ1n) is 23.2. The molecular weight excluding hydrogens is 1180 g/mol. The van der Waals surface area contributed by atoms with Gasteiger partial charge in [-0.3, -0.25) is 28.8 Å². The van der Waals surface area contributed by atoms with E-state index in [1.165, 1.54) is 19.8 Å². The Morgan fingerprint density at radius 2 is 1.38 bits per heavy atom. The predicted octanol–water partition coefficient (Wildman–Crippen LogP) is 10.2. The van der Waals surface area contributed by atoms with Gasteiger partial charge >= 0.3 is 82.8 Å². The summed E-state index contributed by atoms with van der Waals surface area (Å²) in [6.07, 6.45) is 18.1. The van der Waals surface area contributed by atoms with Gasteiger partial charge < -0.3 is 19.3 Å². The second-order valence-electron chi connectivity index (χ2n) is 21.7. The zero-order chi connectivity index (χ0) is 45.7. The van der Waals surface area contributed by atoms with Gasteiger partial charge in [-0.1, -0.05) is 50.5 Å². The first-order chi connectivity index (χ1) is 29.6. The summed E-state index contributed by atoms with van der Waals surface area (Å²) in [5, 5.41) is 11.6. The number of aliphatic hydroxyl groups excluding tert-OH is 1. The monoisotopic (exact) mass is 1240 g/mol. The number of carbonyl (C=O) groups is 6. The van der Waals surface area contributed by atoms with Crippen LogP contribution in [-0.2, 0) is 47.9 Å². The molecule has 1 saturated heterocycles. The van der Waals surface area contributed by atoms with Crippen molar-refractivity contribution in [2.45, 2.75) is 149 Å². The van der Waals surface area contributed by atoms with E-state index in [0.717, 1.165) is 68.9 Å². The van der Waals surface area contributed by atoms with Crippen molar-refractivity contribution < 1.29 is 53.0 Å². The van der Waals surface area contributed by atoms with E-state index in [-0.39, 0.29) is 97.0 Å². The fourth-order valence-corrected chi connectivity index (χ4v) is 16.4. The number of fused-ring (bicyclic) bond motifs is 12. The van der Waals surface area contributed by atoms with Crippen molar-refractivity contribution in [3.8, 4) is 0 Å². The van der Waals surface area contributed by atoms with E-state index in [1.807, 2.05) is 6.08 Å². The Morgan fingerprint density at radius 1 is 0.762 bits per heavy atom.